The molecule has 0 atom stereocenters. The van der Waals surface area contributed by atoms with Gasteiger partial charge in [0.1, 0.15) is 0 Å². The number of hydrogen-bond acceptors (Lipinski definition) is 6. The van der Waals surface area contributed by atoms with E-state index in [1.165, 1.54) is 24.3 Å². The molecular weight excluding hydrogens is 601 g/mol. The maximum atomic E-state index is 13.7. The Labute approximate surface area is 250 Å². The van der Waals surface area contributed by atoms with Gasteiger partial charge in [-0.15, -0.1) is 0 Å². The van der Waals surface area contributed by atoms with Crippen LogP contribution in [0.4, 0.5) is 22.7 Å². The first-order chi connectivity index (χ1) is 21.1. The number of sulfonamides is 2. The van der Waals surface area contributed by atoms with Crippen LogP contribution in [0.3, 0.4) is 0 Å². The second-order valence-electron chi connectivity index (χ2n) is 10.5. The third-order valence-electron chi connectivity index (χ3n) is 7.98. The number of hydrogen-bond donors (Lipinski definition) is 4. The minimum atomic E-state index is -4.14. The van der Waals surface area contributed by atoms with E-state index in [-0.39, 0.29) is 33.0 Å². The number of amides is 2. The molecule has 216 valence electrons. The van der Waals surface area contributed by atoms with E-state index < -0.39 is 20.0 Å². The molecule has 2 aliphatic rings. The molecule has 12 heteroatoms. The Morgan fingerprint density at radius 2 is 0.864 bits per heavy atom. The highest BCUT2D eigenvalue weighted by Crippen LogP contribution is 2.40. The van der Waals surface area contributed by atoms with Gasteiger partial charge in [-0.25, -0.2) is 16.8 Å². The lowest BCUT2D eigenvalue weighted by molar-refractivity contribution is 0.102. The van der Waals surface area contributed by atoms with Crippen LogP contribution in [0.25, 0.3) is 32.3 Å². The van der Waals surface area contributed by atoms with Crippen LogP contribution in [0.15, 0.2) is 107 Å². The Morgan fingerprint density at radius 3 is 1.30 bits per heavy atom. The van der Waals surface area contributed by atoms with Crippen LogP contribution >= 0.6 is 0 Å². The largest absolute Gasteiger partial charge is 0.321 e. The van der Waals surface area contributed by atoms with Crippen LogP contribution in [0, 0.1) is 0 Å². The highest BCUT2D eigenvalue weighted by molar-refractivity contribution is 7.93. The molecule has 2 heterocycles. The van der Waals surface area contributed by atoms with Gasteiger partial charge in [0.15, 0.2) is 0 Å². The summed E-state index contributed by atoms with van der Waals surface area (Å²) >= 11 is 0. The van der Waals surface area contributed by atoms with Crippen LogP contribution < -0.4 is 20.1 Å². The zero-order chi connectivity index (χ0) is 30.4. The molecular formula is C32H20N4O6S2. The van der Waals surface area contributed by atoms with Crippen LogP contribution in [0.1, 0.15) is 20.7 Å². The standard InChI is InChI=1S/C32H20N4O6S2/c37-31-21-9-3-7-19-27(15-13-25(33-31)29(19)21)43(39,40)35-23-11-12-24(18-6-2-1-5-17(18)23)36-44(41,42)28-16-14-26-30-20(28)8-4-10-22(30)32(38)34-26/h1-16,35-36H,(H,33,37)(H,34,38). The first-order valence-corrected chi connectivity index (χ1v) is 16.4. The highest BCUT2D eigenvalue weighted by Gasteiger charge is 2.28. The number of anilines is 4. The van der Waals surface area contributed by atoms with Gasteiger partial charge in [-0.3, -0.25) is 19.0 Å². The van der Waals surface area contributed by atoms with Crippen molar-refractivity contribution in [3.63, 3.8) is 0 Å². The van der Waals surface area contributed by atoms with Crippen molar-refractivity contribution in [1.82, 2.24) is 0 Å². The third kappa shape index (κ3) is 3.78. The van der Waals surface area contributed by atoms with Gasteiger partial charge in [-0.2, -0.15) is 0 Å². The van der Waals surface area contributed by atoms with E-state index in [4.69, 9.17) is 0 Å². The molecule has 6 aromatic carbocycles. The predicted molar refractivity (Wildman–Crippen MR) is 169 cm³/mol. The van der Waals surface area contributed by atoms with E-state index in [0.717, 1.165) is 0 Å². The first-order valence-electron chi connectivity index (χ1n) is 13.4. The summed E-state index contributed by atoms with van der Waals surface area (Å²) in [4.78, 5) is 24.7. The molecule has 44 heavy (non-hydrogen) atoms. The van der Waals surface area contributed by atoms with Crippen LogP contribution in [0.5, 0.6) is 0 Å². The fourth-order valence-electron chi connectivity index (χ4n) is 6.07. The molecule has 0 unspecified atom stereocenters. The van der Waals surface area contributed by atoms with Gasteiger partial charge in [-0.05, 0) is 48.5 Å². The van der Waals surface area contributed by atoms with E-state index in [0.29, 0.717) is 54.8 Å². The molecule has 6 aromatic rings. The van der Waals surface area contributed by atoms with Crippen molar-refractivity contribution in [1.29, 1.82) is 0 Å². The van der Waals surface area contributed by atoms with Gasteiger partial charge < -0.3 is 10.6 Å². The average Bonchev–Trinajstić information content (AvgIpc) is 3.52. The lowest BCUT2D eigenvalue weighted by Crippen LogP contribution is -2.15. The molecule has 10 nitrogen and oxygen atoms in total. The quantitative estimate of drug-likeness (QED) is 0.183. The van der Waals surface area contributed by atoms with Crippen molar-refractivity contribution in [2.75, 3.05) is 20.1 Å². The van der Waals surface area contributed by atoms with E-state index in [9.17, 15) is 26.4 Å². The minimum absolute atomic E-state index is 0.00323. The zero-order valence-corrected chi connectivity index (χ0v) is 24.1. The lowest BCUT2D eigenvalue weighted by atomic mass is 10.1. The number of carbonyl (C=O) groups excluding carboxylic acids is 2. The molecule has 2 amide bonds. The summed E-state index contributed by atoms with van der Waals surface area (Å²) in [6.07, 6.45) is 0. The summed E-state index contributed by atoms with van der Waals surface area (Å²) in [6.45, 7) is 0. The summed E-state index contributed by atoms with van der Waals surface area (Å²) in [5.74, 6) is -0.584. The molecule has 2 aliphatic heterocycles. The maximum absolute atomic E-state index is 13.7. The summed E-state index contributed by atoms with van der Waals surface area (Å²) < 4.78 is 60.3. The van der Waals surface area contributed by atoms with E-state index in [1.54, 1.807) is 72.8 Å². The van der Waals surface area contributed by atoms with E-state index >= 15 is 0 Å². The maximum Gasteiger partial charge on any atom is 0.262 e. The Hall–Kier alpha value is -5.46. The lowest BCUT2D eigenvalue weighted by Gasteiger charge is -2.16. The minimum Gasteiger partial charge on any atom is -0.321 e. The summed E-state index contributed by atoms with van der Waals surface area (Å²) in [5.41, 5.74) is 2.39. The van der Waals surface area contributed by atoms with Gasteiger partial charge in [0.25, 0.3) is 31.9 Å². The monoisotopic (exact) mass is 620 g/mol. The average molecular weight is 621 g/mol. The molecule has 0 aromatic heterocycles. The van der Waals surface area contributed by atoms with Crippen molar-refractivity contribution < 1.29 is 26.4 Å². The normalized spacial score (nSPS) is 13.8. The topological polar surface area (TPSA) is 151 Å². The molecule has 4 N–H and O–H groups in total. The fraction of sp³-hybridized carbons (Fsp3) is 0. The highest BCUT2D eigenvalue weighted by atomic mass is 32.2. The number of rotatable bonds is 6. The molecule has 0 bridgehead atoms. The van der Waals surface area contributed by atoms with Crippen molar-refractivity contribution in [3.05, 3.63) is 108 Å². The molecule has 0 saturated carbocycles. The van der Waals surface area contributed by atoms with Crippen LogP contribution in [-0.2, 0) is 20.0 Å². The van der Waals surface area contributed by atoms with Gasteiger partial charge in [0, 0.05) is 54.8 Å². The van der Waals surface area contributed by atoms with Crippen molar-refractivity contribution in [2.45, 2.75) is 9.79 Å². The smallest absolute Gasteiger partial charge is 0.262 e. The summed E-state index contributed by atoms with van der Waals surface area (Å²) in [5, 5.41) is 8.33. The molecule has 0 radical (unpaired) electrons. The predicted octanol–water partition coefficient (Wildman–Crippen LogP) is 5.88. The fourth-order valence-corrected chi connectivity index (χ4v) is 8.64. The molecule has 8 rings (SSSR count). The Kier molecular flexibility index (Phi) is 5.37. The SMILES string of the molecule is O=C1Nc2ccc(S(=O)(=O)Nc3ccc(NS(=O)(=O)c4ccc5c6c(cccc46)C(=O)N5)c4ccccc34)c3cccc1c23. The Balaban J connectivity index is 1.19. The first kappa shape index (κ1) is 26.2. The molecule has 0 spiro atoms. The van der Waals surface area contributed by atoms with E-state index in [2.05, 4.69) is 20.1 Å². The summed E-state index contributed by atoms with van der Waals surface area (Å²) in [6, 6.07) is 25.7. The zero-order valence-electron chi connectivity index (χ0n) is 22.5. The second-order valence-corrected chi connectivity index (χ2v) is 13.8. The molecule has 0 fully saturated rings. The van der Waals surface area contributed by atoms with Gasteiger partial charge in [0.05, 0.1) is 21.2 Å². The Morgan fingerprint density at radius 1 is 0.455 bits per heavy atom. The summed E-state index contributed by atoms with van der Waals surface area (Å²) in [7, 11) is -8.28. The van der Waals surface area contributed by atoms with Crippen LogP contribution in [0.2, 0.25) is 0 Å². The second kappa shape index (κ2) is 9.02. The van der Waals surface area contributed by atoms with Gasteiger partial charge in [0.2, 0.25) is 0 Å². The third-order valence-corrected chi connectivity index (χ3v) is 10.8. The number of nitrogens with one attached hydrogen (secondary N) is 4. The van der Waals surface area contributed by atoms with E-state index in [1.807, 2.05) is 0 Å². The van der Waals surface area contributed by atoms with Gasteiger partial charge in [-0.1, -0.05) is 48.5 Å². The number of benzene rings is 6. The number of carbonyl (C=O) groups is 2. The van der Waals surface area contributed by atoms with Crippen molar-refractivity contribution in [2.24, 2.45) is 0 Å². The Bertz CT molecular complexity index is 2350. The molecule has 0 aliphatic carbocycles. The molecule has 0 saturated heterocycles. The van der Waals surface area contributed by atoms with Crippen molar-refractivity contribution in [3.8, 4) is 0 Å². The number of fused-ring (bicyclic) bond motifs is 1. The van der Waals surface area contributed by atoms with Gasteiger partial charge >= 0.3 is 0 Å². The van der Waals surface area contributed by atoms with Crippen LogP contribution in [-0.4, -0.2) is 28.6 Å². The van der Waals surface area contributed by atoms with Crippen molar-refractivity contribution >= 4 is 86.9 Å².